The molecule has 0 aliphatic carbocycles. The first-order chi connectivity index (χ1) is 13.6. The van der Waals surface area contributed by atoms with E-state index in [0.29, 0.717) is 32.2 Å². The van der Waals surface area contributed by atoms with Gasteiger partial charge < -0.3 is 25.3 Å². The van der Waals surface area contributed by atoms with Crippen LogP contribution in [0.3, 0.4) is 0 Å². The van der Waals surface area contributed by atoms with Crippen LogP contribution in [0, 0.1) is 5.92 Å². The fourth-order valence-electron chi connectivity index (χ4n) is 3.81. The molecule has 0 radical (unpaired) electrons. The summed E-state index contributed by atoms with van der Waals surface area (Å²) in [5.74, 6) is 1.18. The summed E-state index contributed by atoms with van der Waals surface area (Å²) in [7, 11) is 0. The third-order valence-electron chi connectivity index (χ3n) is 5.17. The summed E-state index contributed by atoms with van der Waals surface area (Å²) in [6.45, 7) is 6.78. The topological polar surface area (TPSA) is 86.5 Å². The van der Waals surface area contributed by atoms with E-state index < -0.39 is 0 Å². The van der Waals surface area contributed by atoms with E-state index in [0.717, 1.165) is 48.0 Å². The first kappa shape index (κ1) is 20.0. The Labute approximate surface area is 165 Å². The fourth-order valence-corrected chi connectivity index (χ4v) is 3.81. The van der Waals surface area contributed by atoms with Crippen LogP contribution in [0.1, 0.15) is 32.3 Å². The zero-order valence-electron chi connectivity index (χ0n) is 16.7. The predicted octanol–water partition coefficient (Wildman–Crippen LogP) is 2.67. The van der Waals surface area contributed by atoms with Crippen LogP contribution in [0.2, 0.25) is 0 Å². The van der Waals surface area contributed by atoms with E-state index in [4.69, 9.17) is 4.74 Å². The number of H-pyrrole nitrogens is 1. The Morgan fingerprint density at radius 3 is 2.96 bits per heavy atom. The molecule has 7 heteroatoms. The van der Waals surface area contributed by atoms with Crippen molar-refractivity contribution in [1.82, 2.24) is 20.5 Å². The van der Waals surface area contributed by atoms with Crippen LogP contribution in [0.15, 0.2) is 24.4 Å². The molecule has 1 aromatic carbocycles. The number of fused-ring (bicyclic) bond motifs is 1. The number of carbonyl (C=O) groups excluding carboxylic acids is 2. The zero-order valence-corrected chi connectivity index (χ0v) is 16.7. The standard InChI is InChI=1S/C21H30N4O3/c1-3-28-19-8-4-7-18-20(19)17(13-24-18)9-10-22-21(27)25-11-5-6-16(14-25)12-23-15(2)26/h4,7-8,13,16,24H,3,5-6,9-12,14H2,1-2H3,(H,22,27)(H,23,26). The number of likely N-dealkylation sites (tertiary alicyclic amines) is 1. The Balaban J connectivity index is 1.53. The lowest BCUT2D eigenvalue weighted by Crippen LogP contribution is -2.47. The summed E-state index contributed by atoms with van der Waals surface area (Å²) in [5.41, 5.74) is 2.19. The molecule has 1 saturated heterocycles. The SMILES string of the molecule is CCOc1cccc2[nH]cc(CCNC(=O)N3CCCC(CNC(C)=O)C3)c12. The van der Waals surface area contributed by atoms with E-state index in [-0.39, 0.29) is 11.9 Å². The van der Waals surface area contributed by atoms with Gasteiger partial charge in [-0.05, 0) is 49.8 Å². The van der Waals surface area contributed by atoms with Gasteiger partial charge in [0, 0.05) is 50.2 Å². The summed E-state index contributed by atoms with van der Waals surface area (Å²) in [6.07, 6.45) is 4.74. The molecule has 1 unspecified atom stereocenters. The summed E-state index contributed by atoms with van der Waals surface area (Å²) in [5, 5.41) is 6.98. The van der Waals surface area contributed by atoms with Crippen LogP contribution in [-0.4, -0.2) is 54.6 Å². The van der Waals surface area contributed by atoms with Crippen molar-refractivity contribution in [3.63, 3.8) is 0 Å². The van der Waals surface area contributed by atoms with Gasteiger partial charge in [-0.1, -0.05) is 6.07 Å². The Hall–Kier alpha value is -2.70. The monoisotopic (exact) mass is 386 g/mol. The van der Waals surface area contributed by atoms with Crippen molar-refractivity contribution < 1.29 is 14.3 Å². The van der Waals surface area contributed by atoms with Gasteiger partial charge in [0.2, 0.25) is 5.91 Å². The second-order valence-corrected chi connectivity index (χ2v) is 7.30. The maximum Gasteiger partial charge on any atom is 0.317 e. The fraction of sp³-hybridized carbons (Fsp3) is 0.524. The maximum absolute atomic E-state index is 12.5. The van der Waals surface area contributed by atoms with Crippen LogP contribution in [0.5, 0.6) is 5.75 Å². The molecule has 0 saturated carbocycles. The second-order valence-electron chi connectivity index (χ2n) is 7.30. The number of urea groups is 1. The minimum absolute atomic E-state index is 0.0216. The van der Waals surface area contributed by atoms with Crippen LogP contribution in [-0.2, 0) is 11.2 Å². The predicted molar refractivity (Wildman–Crippen MR) is 110 cm³/mol. The molecular weight excluding hydrogens is 356 g/mol. The van der Waals surface area contributed by atoms with Gasteiger partial charge >= 0.3 is 6.03 Å². The highest BCUT2D eigenvalue weighted by Gasteiger charge is 2.23. The van der Waals surface area contributed by atoms with Gasteiger partial charge in [0.25, 0.3) is 0 Å². The van der Waals surface area contributed by atoms with Crippen molar-refractivity contribution in [2.24, 2.45) is 5.92 Å². The molecule has 0 spiro atoms. The minimum Gasteiger partial charge on any atom is -0.493 e. The Morgan fingerprint density at radius 1 is 1.32 bits per heavy atom. The second kappa shape index (κ2) is 9.48. The molecule has 7 nitrogen and oxygen atoms in total. The van der Waals surface area contributed by atoms with E-state index in [1.807, 2.05) is 36.2 Å². The molecule has 0 bridgehead atoms. The van der Waals surface area contributed by atoms with Crippen molar-refractivity contribution >= 4 is 22.8 Å². The zero-order chi connectivity index (χ0) is 19.9. The van der Waals surface area contributed by atoms with Crippen LogP contribution < -0.4 is 15.4 Å². The average Bonchev–Trinajstić information content (AvgIpc) is 3.11. The molecule has 28 heavy (non-hydrogen) atoms. The quantitative estimate of drug-likeness (QED) is 0.684. The Bertz CT molecular complexity index is 817. The third-order valence-corrected chi connectivity index (χ3v) is 5.17. The molecule has 1 atom stereocenters. The van der Waals surface area contributed by atoms with Crippen molar-refractivity contribution in [1.29, 1.82) is 0 Å². The smallest absolute Gasteiger partial charge is 0.317 e. The number of hydrogen-bond acceptors (Lipinski definition) is 3. The van der Waals surface area contributed by atoms with Gasteiger partial charge in [-0.25, -0.2) is 4.79 Å². The highest BCUT2D eigenvalue weighted by Crippen LogP contribution is 2.29. The van der Waals surface area contributed by atoms with E-state index >= 15 is 0 Å². The normalized spacial score (nSPS) is 16.8. The van der Waals surface area contributed by atoms with Gasteiger partial charge in [0.15, 0.2) is 0 Å². The summed E-state index contributed by atoms with van der Waals surface area (Å²) in [6, 6.07) is 5.95. The Kier molecular flexibility index (Phi) is 6.79. The van der Waals surface area contributed by atoms with E-state index in [1.54, 1.807) is 0 Å². The van der Waals surface area contributed by atoms with Gasteiger partial charge in [0.05, 0.1) is 6.61 Å². The molecule has 2 aromatic rings. The van der Waals surface area contributed by atoms with Gasteiger partial charge in [0.1, 0.15) is 5.75 Å². The lowest BCUT2D eigenvalue weighted by Gasteiger charge is -2.32. The molecule has 1 fully saturated rings. The molecule has 3 N–H and O–H groups in total. The molecule has 3 rings (SSSR count). The molecule has 3 amide bonds. The molecule has 152 valence electrons. The lowest BCUT2D eigenvalue weighted by molar-refractivity contribution is -0.119. The number of hydrogen-bond donors (Lipinski definition) is 3. The van der Waals surface area contributed by atoms with Gasteiger partial charge in [-0.3, -0.25) is 4.79 Å². The Morgan fingerprint density at radius 2 is 2.18 bits per heavy atom. The number of aromatic nitrogens is 1. The molecule has 2 heterocycles. The van der Waals surface area contributed by atoms with Crippen molar-refractivity contribution in [2.75, 3.05) is 32.8 Å². The van der Waals surface area contributed by atoms with Gasteiger partial charge in [-0.15, -0.1) is 0 Å². The van der Waals surface area contributed by atoms with E-state index in [9.17, 15) is 9.59 Å². The summed E-state index contributed by atoms with van der Waals surface area (Å²) < 4.78 is 5.75. The average molecular weight is 386 g/mol. The lowest BCUT2D eigenvalue weighted by atomic mass is 9.98. The number of nitrogens with one attached hydrogen (secondary N) is 3. The number of benzene rings is 1. The number of amides is 3. The number of ether oxygens (including phenoxy) is 1. The first-order valence-corrected chi connectivity index (χ1v) is 10.1. The number of aromatic amines is 1. The molecule has 1 aliphatic rings. The van der Waals surface area contributed by atoms with Gasteiger partial charge in [-0.2, -0.15) is 0 Å². The number of carbonyl (C=O) groups is 2. The van der Waals surface area contributed by atoms with E-state index in [2.05, 4.69) is 15.6 Å². The largest absolute Gasteiger partial charge is 0.493 e. The minimum atomic E-state index is -0.0302. The molecular formula is C21H30N4O3. The molecule has 1 aromatic heterocycles. The van der Waals surface area contributed by atoms with Crippen molar-refractivity contribution in [2.45, 2.75) is 33.1 Å². The van der Waals surface area contributed by atoms with Crippen LogP contribution in [0.25, 0.3) is 10.9 Å². The maximum atomic E-state index is 12.5. The number of piperidine rings is 1. The highest BCUT2D eigenvalue weighted by molar-refractivity contribution is 5.89. The molecule has 1 aliphatic heterocycles. The van der Waals surface area contributed by atoms with Crippen molar-refractivity contribution in [3.8, 4) is 5.75 Å². The number of nitrogens with zero attached hydrogens (tertiary/aromatic N) is 1. The van der Waals surface area contributed by atoms with E-state index in [1.165, 1.54) is 6.92 Å². The van der Waals surface area contributed by atoms with Crippen LogP contribution in [0.4, 0.5) is 4.79 Å². The summed E-state index contributed by atoms with van der Waals surface area (Å²) in [4.78, 5) is 28.8. The third kappa shape index (κ3) is 4.97. The summed E-state index contributed by atoms with van der Waals surface area (Å²) >= 11 is 0. The van der Waals surface area contributed by atoms with Crippen LogP contribution >= 0.6 is 0 Å². The highest BCUT2D eigenvalue weighted by atomic mass is 16.5. The first-order valence-electron chi connectivity index (χ1n) is 10.1. The number of rotatable bonds is 7. The van der Waals surface area contributed by atoms with Crippen molar-refractivity contribution in [3.05, 3.63) is 30.0 Å².